The van der Waals surface area contributed by atoms with E-state index in [1.54, 1.807) is 5.56 Å². The van der Waals surface area contributed by atoms with Crippen LogP contribution in [0, 0.1) is 0 Å². The van der Waals surface area contributed by atoms with E-state index in [1.165, 1.54) is 16.7 Å². The molecule has 112 valence electrons. The van der Waals surface area contributed by atoms with Crippen molar-refractivity contribution in [1.82, 2.24) is 0 Å². The van der Waals surface area contributed by atoms with Gasteiger partial charge >= 0.3 is 0 Å². The molecule has 0 heterocycles. The molecule has 0 saturated heterocycles. The Kier molecular flexibility index (Phi) is 2.48. The van der Waals surface area contributed by atoms with Crippen LogP contribution in [0.5, 0.6) is 0 Å². The quantitative estimate of drug-likeness (QED) is 0.607. The standard InChI is InChI=1S/C23H20/c1-22-20-15-9-8-12-18(20)16-23(22,19-13-6-3-7-14-19)21(22)17-10-4-2-5-11-17/h2-15,21H,16H2,1H3/t21-,22-,23-/m0/s1. The van der Waals surface area contributed by atoms with Gasteiger partial charge in [0, 0.05) is 16.7 Å². The van der Waals surface area contributed by atoms with Crippen LogP contribution in [-0.4, -0.2) is 0 Å². The fourth-order valence-corrected chi connectivity index (χ4v) is 5.42. The maximum absolute atomic E-state index is 2.48. The first-order valence-corrected chi connectivity index (χ1v) is 8.47. The Balaban J connectivity index is 1.75. The Hall–Kier alpha value is -2.34. The Morgan fingerprint density at radius 1 is 0.739 bits per heavy atom. The third-order valence-electron chi connectivity index (χ3n) is 6.38. The van der Waals surface area contributed by atoms with Gasteiger partial charge in [0.1, 0.15) is 0 Å². The number of benzene rings is 3. The summed E-state index contributed by atoms with van der Waals surface area (Å²) in [6.07, 6.45) is 1.16. The molecule has 0 unspecified atom stereocenters. The van der Waals surface area contributed by atoms with Crippen LogP contribution in [0.4, 0.5) is 0 Å². The highest BCUT2D eigenvalue weighted by Gasteiger charge is 2.77. The topological polar surface area (TPSA) is 0 Å². The van der Waals surface area contributed by atoms with Crippen LogP contribution in [0.15, 0.2) is 84.9 Å². The van der Waals surface area contributed by atoms with E-state index in [0.717, 1.165) is 6.42 Å². The lowest BCUT2D eigenvalue weighted by Crippen LogP contribution is -2.15. The molecule has 0 radical (unpaired) electrons. The van der Waals surface area contributed by atoms with E-state index in [4.69, 9.17) is 0 Å². The van der Waals surface area contributed by atoms with Crippen LogP contribution in [0.2, 0.25) is 0 Å². The summed E-state index contributed by atoms with van der Waals surface area (Å²) in [6, 6.07) is 31.3. The molecule has 0 nitrogen and oxygen atoms in total. The van der Waals surface area contributed by atoms with Crippen molar-refractivity contribution in [2.45, 2.75) is 30.1 Å². The molecule has 0 spiro atoms. The van der Waals surface area contributed by atoms with Crippen LogP contribution in [-0.2, 0) is 17.3 Å². The molecule has 0 N–H and O–H groups in total. The minimum atomic E-state index is 0.215. The Labute approximate surface area is 137 Å². The molecular formula is C23H20. The molecule has 1 fully saturated rings. The molecule has 0 aliphatic heterocycles. The van der Waals surface area contributed by atoms with E-state index in [9.17, 15) is 0 Å². The second-order valence-corrected chi connectivity index (χ2v) is 7.22. The van der Waals surface area contributed by atoms with Crippen molar-refractivity contribution in [3.63, 3.8) is 0 Å². The molecule has 0 bridgehead atoms. The van der Waals surface area contributed by atoms with Crippen LogP contribution in [0.25, 0.3) is 0 Å². The smallest absolute Gasteiger partial charge is 0.0171 e. The maximum Gasteiger partial charge on any atom is 0.0171 e. The van der Waals surface area contributed by atoms with Gasteiger partial charge in [-0.3, -0.25) is 0 Å². The Morgan fingerprint density at radius 2 is 1.35 bits per heavy atom. The number of rotatable bonds is 2. The number of hydrogen-bond acceptors (Lipinski definition) is 0. The molecule has 2 aliphatic rings. The minimum absolute atomic E-state index is 0.215. The van der Waals surface area contributed by atoms with Gasteiger partial charge in [-0.25, -0.2) is 0 Å². The van der Waals surface area contributed by atoms with Gasteiger partial charge in [0.2, 0.25) is 0 Å². The molecule has 1 saturated carbocycles. The average molecular weight is 296 g/mol. The minimum Gasteiger partial charge on any atom is -0.0622 e. The lowest BCUT2D eigenvalue weighted by Gasteiger charge is -2.17. The van der Waals surface area contributed by atoms with Gasteiger partial charge in [0.25, 0.3) is 0 Å². The summed E-state index contributed by atoms with van der Waals surface area (Å²) < 4.78 is 0. The van der Waals surface area contributed by atoms with Gasteiger partial charge < -0.3 is 0 Å². The largest absolute Gasteiger partial charge is 0.0622 e. The van der Waals surface area contributed by atoms with Gasteiger partial charge in [-0.15, -0.1) is 0 Å². The highest BCUT2D eigenvalue weighted by molar-refractivity contribution is 5.66. The van der Waals surface area contributed by atoms with Crippen LogP contribution in [0.3, 0.4) is 0 Å². The van der Waals surface area contributed by atoms with Crippen molar-refractivity contribution in [1.29, 1.82) is 0 Å². The molecule has 3 aromatic carbocycles. The molecule has 0 heteroatoms. The number of fused-ring (bicyclic) bond motifs is 3. The molecule has 2 aliphatic carbocycles. The Morgan fingerprint density at radius 3 is 2.09 bits per heavy atom. The first-order valence-electron chi connectivity index (χ1n) is 8.47. The van der Waals surface area contributed by atoms with Crippen molar-refractivity contribution in [2.24, 2.45) is 0 Å². The third-order valence-corrected chi connectivity index (χ3v) is 6.38. The monoisotopic (exact) mass is 296 g/mol. The maximum atomic E-state index is 2.48. The fraction of sp³-hybridized carbons (Fsp3) is 0.217. The van der Waals surface area contributed by atoms with Gasteiger partial charge in [-0.1, -0.05) is 91.9 Å². The fourth-order valence-electron chi connectivity index (χ4n) is 5.42. The van der Waals surface area contributed by atoms with E-state index in [-0.39, 0.29) is 10.8 Å². The van der Waals surface area contributed by atoms with Gasteiger partial charge in [-0.2, -0.15) is 0 Å². The zero-order chi connectivity index (χ0) is 15.5. The normalized spacial score (nSPS) is 30.6. The van der Waals surface area contributed by atoms with E-state index < -0.39 is 0 Å². The lowest BCUT2D eigenvalue weighted by atomic mass is 9.86. The summed E-state index contributed by atoms with van der Waals surface area (Å²) in [5.41, 5.74) is 6.50. The average Bonchev–Trinajstić information content (AvgIpc) is 3.06. The predicted octanol–water partition coefficient (Wildman–Crippen LogP) is 5.24. The molecule has 0 amide bonds. The van der Waals surface area contributed by atoms with E-state index in [2.05, 4.69) is 91.9 Å². The second kappa shape index (κ2) is 4.35. The Bertz CT molecular complexity index is 865. The highest BCUT2D eigenvalue weighted by atomic mass is 14.8. The summed E-state index contributed by atoms with van der Waals surface area (Å²) in [7, 11) is 0. The SMILES string of the molecule is C[C@@]12c3ccccc3C[C@]1(c1ccccc1)[C@H]2c1ccccc1. The summed E-state index contributed by atoms with van der Waals surface area (Å²) >= 11 is 0. The molecular weight excluding hydrogens is 276 g/mol. The van der Waals surface area contributed by atoms with Crippen molar-refractivity contribution in [3.05, 3.63) is 107 Å². The molecule has 5 rings (SSSR count). The summed E-state index contributed by atoms with van der Waals surface area (Å²) in [5, 5.41) is 0. The van der Waals surface area contributed by atoms with Crippen LogP contribution >= 0.6 is 0 Å². The first kappa shape index (κ1) is 13.1. The zero-order valence-corrected chi connectivity index (χ0v) is 13.4. The van der Waals surface area contributed by atoms with Crippen molar-refractivity contribution in [3.8, 4) is 0 Å². The lowest BCUT2D eigenvalue weighted by molar-refractivity contribution is 0.617. The van der Waals surface area contributed by atoms with Crippen molar-refractivity contribution in [2.75, 3.05) is 0 Å². The van der Waals surface area contributed by atoms with Crippen molar-refractivity contribution < 1.29 is 0 Å². The van der Waals surface area contributed by atoms with E-state index in [1.807, 2.05) is 0 Å². The third kappa shape index (κ3) is 1.47. The van der Waals surface area contributed by atoms with Gasteiger partial charge in [-0.05, 0) is 28.7 Å². The second-order valence-electron chi connectivity index (χ2n) is 7.22. The van der Waals surface area contributed by atoms with Crippen molar-refractivity contribution >= 4 is 0 Å². The van der Waals surface area contributed by atoms with Gasteiger partial charge in [0.15, 0.2) is 0 Å². The van der Waals surface area contributed by atoms with Crippen LogP contribution in [0.1, 0.15) is 35.1 Å². The summed E-state index contributed by atoms with van der Waals surface area (Å²) in [4.78, 5) is 0. The predicted molar refractivity (Wildman–Crippen MR) is 94.8 cm³/mol. The summed E-state index contributed by atoms with van der Waals surface area (Å²) in [6.45, 7) is 2.48. The van der Waals surface area contributed by atoms with Gasteiger partial charge in [0.05, 0.1) is 0 Å². The highest BCUT2D eigenvalue weighted by Crippen LogP contribution is 2.79. The number of hydrogen-bond donors (Lipinski definition) is 0. The molecule has 3 atom stereocenters. The summed E-state index contributed by atoms with van der Waals surface area (Å²) in [5.74, 6) is 0.577. The molecule has 0 aromatic heterocycles. The van der Waals surface area contributed by atoms with E-state index in [0.29, 0.717) is 5.92 Å². The van der Waals surface area contributed by atoms with E-state index >= 15 is 0 Å². The molecule has 23 heavy (non-hydrogen) atoms. The van der Waals surface area contributed by atoms with Crippen LogP contribution < -0.4 is 0 Å². The molecule has 3 aromatic rings. The zero-order valence-electron chi connectivity index (χ0n) is 13.4. The first-order chi connectivity index (χ1) is 11.3.